The molecule has 5 heteroatoms. The molecule has 98 valence electrons. The summed E-state index contributed by atoms with van der Waals surface area (Å²) in [5.41, 5.74) is 0. The van der Waals surface area contributed by atoms with Gasteiger partial charge in [-0.3, -0.25) is 10.1 Å². The summed E-state index contributed by atoms with van der Waals surface area (Å²) in [4.78, 5) is 11.7. The quantitative estimate of drug-likeness (QED) is 0.340. The summed E-state index contributed by atoms with van der Waals surface area (Å²) in [5.74, 6) is 0.777. The van der Waals surface area contributed by atoms with E-state index in [-0.39, 0.29) is 16.9 Å². The molecule has 1 saturated heterocycles. The molecule has 0 aromatic heterocycles. The Labute approximate surface area is 111 Å². The maximum absolute atomic E-state index is 11.2. The number of nitrogens with zero attached hydrogens (tertiary/aromatic N) is 2. The van der Waals surface area contributed by atoms with Gasteiger partial charge in [-0.1, -0.05) is 15.9 Å². The van der Waals surface area contributed by atoms with Crippen molar-refractivity contribution in [2.24, 2.45) is 11.8 Å². The Morgan fingerprint density at radius 3 is 2.65 bits per heavy atom. The van der Waals surface area contributed by atoms with Crippen LogP contribution in [0.5, 0.6) is 0 Å². The number of alkyl halides is 1. The topological polar surface area (TPSA) is 43.1 Å². The molecule has 0 aromatic rings. The van der Waals surface area contributed by atoms with Crippen molar-refractivity contribution in [3.8, 4) is 0 Å². The van der Waals surface area contributed by atoms with Crippen molar-refractivity contribution in [3.63, 3.8) is 0 Å². The minimum atomic E-state index is -0.307. The van der Waals surface area contributed by atoms with E-state index >= 15 is 0 Å². The fourth-order valence-electron chi connectivity index (χ4n) is 3.57. The number of piperidine rings is 1. The normalized spacial score (nSPS) is 46.3. The molecular weight excluding hydrogens is 284 g/mol. The van der Waals surface area contributed by atoms with Gasteiger partial charge in [0.15, 0.2) is 0 Å². The second-order valence-electron chi connectivity index (χ2n) is 5.90. The fraction of sp³-hybridized carbons (Fsp3) is 1.00. The lowest BCUT2D eigenvalue weighted by atomic mass is 9.71. The lowest BCUT2D eigenvalue weighted by Crippen LogP contribution is -2.59. The Kier molecular flexibility index (Phi) is 3.78. The van der Waals surface area contributed by atoms with Gasteiger partial charge >= 0.3 is 0 Å². The standard InChI is InChI=1S/C12H22BrN2O2/c1-3-15(2)7-6-9-10(8-15)12(14(16)17)5-4-11(9)13/h9-12H,3-8H2,1-2H3/q+1. The molecule has 0 spiro atoms. The van der Waals surface area contributed by atoms with Crippen molar-refractivity contribution >= 4 is 15.9 Å². The van der Waals surface area contributed by atoms with Crippen LogP contribution in [0.3, 0.4) is 0 Å². The highest BCUT2D eigenvalue weighted by molar-refractivity contribution is 9.09. The van der Waals surface area contributed by atoms with Crippen LogP contribution in [0.25, 0.3) is 0 Å². The number of hydrogen-bond acceptors (Lipinski definition) is 2. The summed E-state index contributed by atoms with van der Waals surface area (Å²) >= 11 is 3.74. The third-order valence-corrected chi connectivity index (χ3v) is 6.07. The van der Waals surface area contributed by atoms with E-state index in [0.29, 0.717) is 10.7 Å². The molecule has 1 aliphatic carbocycles. The van der Waals surface area contributed by atoms with E-state index in [1.54, 1.807) is 0 Å². The molecule has 2 fully saturated rings. The molecule has 17 heavy (non-hydrogen) atoms. The number of halogens is 1. The molecule has 0 aromatic carbocycles. The molecule has 0 amide bonds. The molecule has 1 saturated carbocycles. The van der Waals surface area contributed by atoms with E-state index in [1.165, 1.54) is 6.54 Å². The van der Waals surface area contributed by atoms with E-state index in [9.17, 15) is 10.1 Å². The van der Waals surface area contributed by atoms with Gasteiger partial charge in [-0.2, -0.15) is 0 Å². The van der Waals surface area contributed by atoms with Gasteiger partial charge in [0.2, 0.25) is 6.04 Å². The Hall–Kier alpha value is -0.160. The molecule has 2 rings (SSSR count). The van der Waals surface area contributed by atoms with Crippen molar-refractivity contribution < 1.29 is 9.41 Å². The number of rotatable bonds is 2. The molecule has 0 bridgehead atoms. The van der Waals surface area contributed by atoms with Crippen LogP contribution in [0.15, 0.2) is 0 Å². The Balaban J connectivity index is 2.18. The zero-order valence-corrected chi connectivity index (χ0v) is 12.2. The van der Waals surface area contributed by atoms with E-state index in [4.69, 9.17) is 0 Å². The maximum atomic E-state index is 11.2. The van der Waals surface area contributed by atoms with E-state index in [0.717, 1.165) is 36.8 Å². The van der Waals surface area contributed by atoms with Gasteiger partial charge in [-0.15, -0.1) is 0 Å². The number of hydrogen-bond donors (Lipinski definition) is 0. The predicted molar refractivity (Wildman–Crippen MR) is 70.8 cm³/mol. The Morgan fingerprint density at radius 1 is 1.35 bits per heavy atom. The monoisotopic (exact) mass is 305 g/mol. The minimum absolute atomic E-state index is 0.0259. The molecule has 4 nitrogen and oxygen atoms in total. The van der Waals surface area contributed by atoms with Crippen molar-refractivity contribution in [3.05, 3.63) is 10.1 Å². The first kappa shape index (κ1) is 13.3. The third kappa shape index (κ3) is 2.50. The van der Waals surface area contributed by atoms with E-state index in [1.807, 2.05) is 0 Å². The van der Waals surface area contributed by atoms with Crippen molar-refractivity contribution in [2.45, 2.75) is 37.1 Å². The Morgan fingerprint density at radius 2 is 2.06 bits per heavy atom. The average Bonchev–Trinajstić information content (AvgIpc) is 2.29. The highest BCUT2D eigenvalue weighted by Crippen LogP contribution is 2.42. The zero-order chi connectivity index (χ0) is 12.6. The third-order valence-electron chi connectivity index (χ3n) is 4.94. The maximum Gasteiger partial charge on any atom is 0.221 e. The second-order valence-corrected chi connectivity index (χ2v) is 7.08. The molecule has 1 heterocycles. The fourth-order valence-corrected chi connectivity index (χ4v) is 4.49. The van der Waals surface area contributed by atoms with Crippen LogP contribution in [-0.2, 0) is 0 Å². The van der Waals surface area contributed by atoms with Crippen LogP contribution in [0.2, 0.25) is 0 Å². The number of nitro groups is 1. The lowest BCUT2D eigenvalue weighted by molar-refractivity contribution is -0.919. The van der Waals surface area contributed by atoms with E-state index in [2.05, 4.69) is 29.9 Å². The highest BCUT2D eigenvalue weighted by atomic mass is 79.9. The minimum Gasteiger partial charge on any atom is -0.326 e. The van der Waals surface area contributed by atoms with Gasteiger partial charge < -0.3 is 4.48 Å². The van der Waals surface area contributed by atoms with Gasteiger partial charge in [0, 0.05) is 22.6 Å². The van der Waals surface area contributed by atoms with Gasteiger partial charge in [-0.05, 0) is 19.3 Å². The largest absolute Gasteiger partial charge is 0.326 e. The van der Waals surface area contributed by atoms with Gasteiger partial charge in [0.25, 0.3) is 0 Å². The molecular formula is C12H22BrN2O2+. The van der Waals surface area contributed by atoms with Crippen LogP contribution in [0.4, 0.5) is 0 Å². The molecule has 0 radical (unpaired) electrons. The predicted octanol–water partition coefficient (Wildman–Crippen LogP) is 2.29. The first-order chi connectivity index (χ1) is 7.97. The average molecular weight is 306 g/mol. The summed E-state index contributed by atoms with van der Waals surface area (Å²) in [6.07, 6.45) is 2.84. The number of quaternary nitrogens is 1. The second kappa shape index (κ2) is 4.84. The SMILES string of the molecule is CC[N+]1(C)CCC2C(Br)CCC([N+](=O)[O-])C2C1. The van der Waals surface area contributed by atoms with Crippen molar-refractivity contribution in [2.75, 3.05) is 26.7 Å². The summed E-state index contributed by atoms with van der Waals surface area (Å²) in [7, 11) is 2.24. The van der Waals surface area contributed by atoms with Crippen LogP contribution in [0, 0.1) is 22.0 Å². The van der Waals surface area contributed by atoms with Crippen molar-refractivity contribution in [1.29, 1.82) is 0 Å². The molecule has 5 unspecified atom stereocenters. The molecule has 1 aliphatic heterocycles. The first-order valence-corrected chi connectivity index (χ1v) is 7.49. The summed E-state index contributed by atoms with van der Waals surface area (Å²) in [5, 5.41) is 11.2. The van der Waals surface area contributed by atoms with Crippen LogP contribution < -0.4 is 0 Å². The number of fused-ring (bicyclic) bond motifs is 1. The van der Waals surface area contributed by atoms with Crippen molar-refractivity contribution in [1.82, 2.24) is 0 Å². The van der Waals surface area contributed by atoms with Crippen LogP contribution in [-0.4, -0.2) is 47.0 Å². The van der Waals surface area contributed by atoms with Gasteiger partial charge in [0.1, 0.15) is 0 Å². The van der Waals surface area contributed by atoms with Crippen LogP contribution in [0.1, 0.15) is 26.2 Å². The lowest BCUT2D eigenvalue weighted by Gasteiger charge is -2.48. The summed E-state index contributed by atoms with van der Waals surface area (Å²) in [6, 6.07) is -0.307. The van der Waals surface area contributed by atoms with E-state index < -0.39 is 0 Å². The number of likely N-dealkylation sites (tertiary alicyclic amines) is 1. The first-order valence-electron chi connectivity index (χ1n) is 6.58. The molecule has 0 N–H and O–H groups in total. The molecule has 5 atom stereocenters. The molecule has 2 aliphatic rings. The summed E-state index contributed by atoms with van der Waals surface area (Å²) < 4.78 is 1.01. The summed E-state index contributed by atoms with van der Waals surface area (Å²) in [6.45, 7) is 5.43. The zero-order valence-electron chi connectivity index (χ0n) is 10.6. The van der Waals surface area contributed by atoms with Gasteiger partial charge in [-0.25, -0.2) is 0 Å². The van der Waals surface area contributed by atoms with Crippen LogP contribution >= 0.6 is 15.9 Å². The Bertz CT molecular complexity index is 313. The van der Waals surface area contributed by atoms with Gasteiger partial charge in [0.05, 0.1) is 32.6 Å². The smallest absolute Gasteiger partial charge is 0.221 e. The highest BCUT2D eigenvalue weighted by Gasteiger charge is 2.50.